The molecule has 2 aliphatic rings. The number of pyridine rings is 1. The Morgan fingerprint density at radius 1 is 0.935 bits per heavy atom. The molecule has 3 amide bonds. The van der Waals surface area contributed by atoms with Crippen molar-refractivity contribution in [3.63, 3.8) is 0 Å². The Balaban J connectivity index is 1.37. The van der Waals surface area contributed by atoms with Crippen LogP contribution < -0.4 is 16.2 Å². The highest BCUT2D eigenvalue weighted by molar-refractivity contribution is 5.97. The monoisotopic (exact) mass is 626 g/mol. The zero-order chi connectivity index (χ0) is 33.0. The van der Waals surface area contributed by atoms with Crippen molar-refractivity contribution in [3.05, 3.63) is 106 Å². The minimum Gasteiger partial charge on any atom is -0.480 e. The number of benzene rings is 2. The lowest BCUT2D eigenvalue weighted by molar-refractivity contribution is -0.143. The number of nitrogens with zero attached hydrogens (tertiary/aromatic N) is 2. The first-order valence-electron chi connectivity index (χ1n) is 16.0. The van der Waals surface area contributed by atoms with Crippen molar-refractivity contribution >= 4 is 23.7 Å². The predicted octanol–water partition coefficient (Wildman–Crippen LogP) is 3.59. The number of amides is 3. The normalized spacial score (nSPS) is 20.4. The fourth-order valence-electron chi connectivity index (χ4n) is 6.96. The molecule has 3 atom stereocenters. The number of carboxylic acid groups (broad SMARTS) is 1. The fraction of sp³-hybridized carbons (Fsp3) is 0.417. The number of carbonyl (C=O) groups excluding carboxylic acids is 3. The van der Waals surface area contributed by atoms with Crippen LogP contribution in [0.4, 0.5) is 0 Å². The van der Waals surface area contributed by atoms with E-state index in [9.17, 15) is 29.1 Å². The molecular formula is C36H42N4O6. The molecule has 0 saturated carbocycles. The van der Waals surface area contributed by atoms with E-state index in [2.05, 4.69) is 10.6 Å². The van der Waals surface area contributed by atoms with Gasteiger partial charge in [0.05, 0.1) is 11.3 Å². The maximum Gasteiger partial charge on any atom is 0.326 e. The van der Waals surface area contributed by atoms with E-state index in [1.165, 1.54) is 10.6 Å². The van der Waals surface area contributed by atoms with Crippen molar-refractivity contribution < 1.29 is 24.3 Å². The van der Waals surface area contributed by atoms with E-state index in [1.807, 2.05) is 73.3 Å². The van der Waals surface area contributed by atoms with Gasteiger partial charge in [0.15, 0.2) is 0 Å². The molecule has 3 N–H and O–H groups in total. The molecule has 1 aliphatic carbocycles. The Kier molecular flexibility index (Phi) is 9.74. The molecule has 0 radical (unpaired) electrons. The molecule has 1 fully saturated rings. The van der Waals surface area contributed by atoms with E-state index in [0.717, 1.165) is 11.1 Å². The molecule has 10 nitrogen and oxygen atoms in total. The number of hydrogen-bond acceptors (Lipinski definition) is 5. The average molecular weight is 627 g/mol. The molecule has 0 spiro atoms. The van der Waals surface area contributed by atoms with Crippen molar-refractivity contribution in [2.24, 2.45) is 13.0 Å². The van der Waals surface area contributed by atoms with Crippen LogP contribution in [0.25, 0.3) is 0 Å². The molecule has 1 aliphatic heterocycles. The summed E-state index contributed by atoms with van der Waals surface area (Å²) in [4.78, 5) is 67.5. The first-order chi connectivity index (χ1) is 22.0. The fourth-order valence-corrected chi connectivity index (χ4v) is 6.96. The summed E-state index contributed by atoms with van der Waals surface area (Å²) >= 11 is 0. The minimum atomic E-state index is -1.16. The number of aryl methyl sites for hydroxylation is 1. The summed E-state index contributed by atoms with van der Waals surface area (Å²) in [6.07, 6.45) is 3.76. The van der Waals surface area contributed by atoms with Gasteiger partial charge >= 0.3 is 5.97 Å². The maximum absolute atomic E-state index is 14.3. The number of aliphatic carboxylic acids is 1. The van der Waals surface area contributed by atoms with Gasteiger partial charge in [-0.3, -0.25) is 19.2 Å². The molecule has 1 aromatic heterocycles. The Bertz CT molecular complexity index is 1660. The summed E-state index contributed by atoms with van der Waals surface area (Å²) in [5.74, 6) is -2.30. The first-order valence-corrected chi connectivity index (χ1v) is 16.0. The third kappa shape index (κ3) is 6.47. The van der Waals surface area contributed by atoms with Crippen molar-refractivity contribution in [2.75, 3.05) is 13.1 Å². The van der Waals surface area contributed by atoms with Gasteiger partial charge in [0.2, 0.25) is 11.8 Å². The van der Waals surface area contributed by atoms with Gasteiger partial charge in [0, 0.05) is 32.4 Å². The molecule has 3 aromatic rings. The summed E-state index contributed by atoms with van der Waals surface area (Å²) in [5, 5.41) is 15.7. The van der Waals surface area contributed by atoms with Crippen LogP contribution in [0, 0.1) is 5.92 Å². The van der Waals surface area contributed by atoms with Gasteiger partial charge < -0.3 is 25.2 Å². The van der Waals surface area contributed by atoms with E-state index in [1.54, 1.807) is 19.3 Å². The molecule has 2 heterocycles. The first kappa shape index (κ1) is 32.7. The van der Waals surface area contributed by atoms with Crippen LogP contribution in [-0.2, 0) is 26.8 Å². The highest BCUT2D eigenvalue weighted by Crippen LogP contribution is 2.48. The summed E-state index contributed by atoms with van der Waals surface area (Å²) in [6, 6.07) is 18.9. The third-order valence-electron chi connectivity index (χ3n) is 9.38. The molecular weight excluding hydrogens is 584 g/mol. The number of rotatable bonds is 9. The second kappa shape index (κ2) is 13.7. The smallest absolute Gasteiger partial charge is 0.326 e. The largest absolute Gasteiger partial charge is 0.480 e. The van der Waals surface area contributed by atoms with Gasteiger partial charge in [0.1, 0.15) is 11.6 Å². The summed E-state index contributed by atoms with van der Waals surface area (Å²) in [7, 11) is 1.60. The Labute approximate surface area is 268 Å². The second-order valence-corrected chi connectivity index (χ2v) is 12.9. The van der Waals surface area contributed by atoms with Gasteiger partial charge in [-0.05, 0) is 66.8 Å². The van der Waals surface area contributed by atoms with E-state index in [0.29, 0.717) is 50.8 Å². The summed E-state index contributed by atoms with van der Waals surface area (Å²) in [5.41, 5.74) is 0.802. The highest BCUT2D eigenvalue weighted by atomic mass is 16.4. The maximum atomic E-state index is 14.3. The number of fused-ring (bicyclic) bond motifs is 1. The van der Waals surface area contributed by atoms with Crippen LogP contribution >= 0.6 is 0 Å². The lowest BCUT2D eigenvalue weighted by atomic mass is 9.62. The average Bonchev–Trinajstić information content (AvgIpc) is 3.05. The van der Waals surface area contributed by atoms with Crippen LogP contribution in [0.15, 0.2) is 77.7 Å². The summed E-state index contributed by atoms with van der Waals surface area (Å²) < 4.78 is 1.37. The molecule has 2 aromatic carbocycles. The van der Waals surface area contributed by atoms with Gasteiger partial charge in [-0.25, -0.2) is 4.79 Å². The van der Waals surface area contributed by atoms with Crippen molar-refractivity contribution in [2.45, 2.75) is 69.4 Å². The zero-order valence-electron chi connectivity index (χ0n) is 26.6. The number of nitrogens with one attached hydrogen (secondary N) is 2. The van der Waals surface area contributed by atoms with Gasteiger partial charge in [0.25, 0.3) is 11.5 Å². The molecule has 0 unspecified atom stereocenters. The lowest BCUT2D eigenvalue weighted by Crippen LogP contribution is -2.54. The highest BCUT2D eigenvalue weighted by Gasteiger charge is 2.49. The van der Waals surface area contributed by atoms with Gasteiger partial charge in [-0.1, -0.05) is 68.4 Å². The van der Waals surface area contributed by atoms with E-state index in [-0.39, 0.29) is 34.9 Å². The van der Waals surface area contributed by atoms with Crippen LogP contribution in [-0.4, -0.2) is 63.4 Å². The van der Waals surface area contributed by atoms with Gasteiger partial charge in [-0.2, -0.15) is 0 Å². The Morgan fingerprint density at radius 3 is 2.28 bits per heavy atom. The Morgan fingerprint density at radius 2 is 1.61 bits per heavy atom. The zero-order valence-corrected chi connectivity index (χ0v) is 26.6. The number of piperidine rings is 1. The standard InChI is InChI=1S/C36H42N4O6/c1-23(2)22-30(34(44)45)38-35(46)36(24-10-5-4-6-11-24)18-15-27(26-12-7-8-14-29(26)36)33(43)40-20-16-25(17-21-40)37-31(41)28-13-9-19-39(3)32(28)42/h4-14,19,23,25,27,30H,15-18,20-22H2,1-3H3,(H,37,41)(H,38,46)(H,44,45)/t27-,30-,36+/m0/s1. The van der Waals surface area contributed by atoms with Crippen LogP contribution in [0.3, 0.4) is 0 Å². The van der Waals surface area contributed by atoms with Crippen molar-refractivity contribution in [1.29, 1.82) is 0 Å². The predicted molar refractivity (Wildman–Crippen MR) is 173 cm³/mol. The van der Waals surface area contributed by atoms with E-state index >= 15 is 0 Å². The number of likely N-dealkylation sites (tertiary alicyclic amines) is 1. The molecule has 5 rings (SSSR count). The number of carbonyl (C=O) groups is 4. The second-order valence-electron chi connectivity index (χ2n) is 12.9. The molecule has 46 heavy (non-hydrogen) atoms. The molecule has 242 valence electrons. The van der Waals surface area contributed by atoms with Crippen LogP contribution in [0.2, 0.25) is 0 Å². The number of carboxylic acids is 1. The minimum absolute atomic E-state index is 0.0283. The molecule has 1 saturated heterocycles. The van der Waals surface area contributed by atoms with E-state index < -0.39 is 29.3 Å². The number of aromatic nitrogens is 1. The van der Waals surface area contributed by atoms with E-state index in [4.69, 9.17) is 0 Å². The topological polar surface area (TPSA) is 138 Å². The van der Waals surface area contributed by atoms with Crippen LogP contribution in [0.1, 0.15) is 78.9 Å². The quantitative estimate of drug-likeness (QED) is 0.332. The third-order valence-corrected chi connectivity index (χ3v) is 9.38. The molecule has 10 heteroatoms. The Hall–Kier alpha value is -4.73. The summed E-state index contributed by atoms with van der Waals surface area (Å²) in [6.45, 7) is 4.75. The van der Waals surface area contributed by atoms with Crippen molar-refractivity contribution in [1.82, 2.24) is 20.1 Å². The SMILES string of the molecule is CC(C)C[C@H](NC(=O)[C@@]1(c2ccccc2)CC[C@H](C(=O)N2CCC(NC(=O)c3cccn(C)c3=O)CC2)c2ccccc21)C(=O)O. The number of hydrogen-bond donors (Lipinski definition) is 3. The van der Waals surface area contributed by atoms with Crippen LogP contribution in [0.5, 0.6) is 0 Å². The van der Waals surface area contributed by atoms with Gasteiger partial charge in [-0.15, -0.1) is 0 Å². The van der Waals surface area contributed by atoms with Crippen molar-refractivity contribution in [3.8, 4) is 0 Å². The lowest BCUT2D eigenvalue weighted by Gasteiger charge is -2.43. The molecule has 0 bridgehead atoms.